The van der Waals surface area contributed by atoms with E-state index in [0.29, 0.717) is 12.8 Å². The molecule has 4 atom stereocenters. The quantitative estimate of drug-likeness (QED) is 0.0480. The number of alkyl carbamates (subject to hydrolysis) is 1. The molecule has 48 heavy (non-hydrogen) atoms. The van der Waals surface area contributed by atoms with Crippen LogP contribution in [0.1, 0.15) is 65.4 Å². The number of carboxylic acids is 1. The van der Waals surface area contributed by atoms with Gasteiger partial charge in [0, 0.05) is 13.1 Å². The number of carboxylic acid groups (broad SMARTS) is 1. The van der Waals surface area contributed by atoms with Crippen molar-refractivity contribution in [2.24, 2.45) is 23.3 Å². The Morgan fingerprint density at radius 2 is 1.31 bits per heavy atom. The molecule has 0 aliphatic heterocycles. The van der Waals surface area contributed by atoms with E-state index in [4.69, 9.17) is 21.6 Å². The van der Waals surface area contributed by atoms with Crippen LogP contribution in [0.15, 0.2) is 30.3 Å². The first-order chi connectivity index (χ1) is 22.6. The first-order valence-electron chi connectivity index (χ1n) is 15.8. The number of amides is 6. The third kappa shape index (κ3) is 16.5. The second-order valence-electron chi connectivity index (χ2n) is 11.9. The van der Waals surface area contributed by atoms with E-state index in [9.17, 15) is 33.9 Å². The van der Waals surface area contributed by atoms with Crippen LogP contribution in [0.3, 0.4) is 0 Å². The summed E-state index contributed by atoms with van der Waals surface area (Å²) >= 11 is 0. The van der Waals surface area contributed by atoms with Gasteiger partial charge in [0.15, 0.2) is 5.96 Å². The lowest BCUT2D eigenvalue weighted by molar-refractivity contribution is -0.139. The molecule has 0 bridgehead atoms. The van der Waals surface area contributed by atoms with Gasteiger partial charge in [0.1, 0.15) is 30.8 Å². The second kappa shape index (κ2) is 21.7. The Bertz CT molecular complexity index is 1230. The number of ether oxygens (including phenoxy) is 1. The SMILES string of the molecule is CC(C)C(NC(=O)[C@H](NC(=O)C(CCCCNC(=O)OCc1ccccc1)NC(=O)N[C@@H](CCCNC(=N)N)C(=O)O)C(C)C)C(N)=O. The number of rotatable bonds is 21. The number of primary amides is 1. The second-order valence-corrected chi connectivity index (χ2v) is 11.9. The summed E-state index contributed by atoms with van der Waals surface area (Å²) in [6, 6.07) is 3.65. The third-order valence-corrected chi connectivity index (χ3v) is 7.13. The van der Waals surface area contributed by atoms with E-state index in [1.165, 1.54) is 0 Å². The van der Waals surface area contributed by atoms with Crippen LogP contribution < -0.4 is 43.4 Å². The molecule has 0 spiro atoms. The van der Waals surface area contributed by atoms with Gasteiger partial charge in [0.2, 0.25) is 17.7 Å². The highest BCUT2D eigenvalue weighted by Gasteiger charge is 2.32. The van der Waals surface area contributed by atoms with Crippen LogP contribution in [-0.2, 0) is 30.5 Å². The van der Waals surface area contributed by atoms with Gasteiger partial charge in [-0.25, -0.2) is 14.4 Å². The Balaban J connectivity index is 2.91. The average Bonchev–Trinajstić information content (AvgIpc) is 3.01. The minimum Gasteiger partial charge on any atom is -0.480 e. The van der Waals surface area contributed by atoms with Crippen molar-refractivity contribution in [3.8, 4) is 0 Å². The number of aliphatic carboxylic acids is 1. The number of benzene rings is 1. The molecular formula is C31H51N9O8. The lowest BCUT2D eigenvalue weighted by Crippen LogP contribution is -2.59. The van der Waals surface area contributed by atoms with Crippen LogP contribution in [-0.4, -0.2) is 84.1 Å². The van der Waals surface area contributed by atoms with Crippen molar-refractivity contribution in [3.63, 3.8) is 0 Å². The first-order valence-corrected chi connectivity index (χ1v) is 15.8. The number of guanidine groups is 1. The molecular weight excluding hydrogens is 626 g/mol. The smallest absolute Gasteiger partial charge is 0.407 e. The van der Waals surface area contributed by atoms with Crippen molar-refractivity contribution in [1.82, 2.24) is 31.9 Å². The van der Waals surface area contributed by atoms with Crippen LogP contribution in [0, 0.1) is 17.2 Å². The molecule has 0 aromatic heterocycles. The van der Waals surface area contributed by atoms with E-state index in [1.807, 2.05) is 30.3 Å². The number of hydrogen-bond donors (Lipinski definition) is 10. The number of nitrogens with two attached hydrogens (primary N) is 2. The number of unbranched alkanes of at least 4 members (excludes halogenated alkanes) is 1. The zero-order valence-electron chi connectivity index (χ0n) is 28.0. The summed E-state index contributed by atoms with van der Waals surface area (Å²) < 4.78 is 5.18. The Morgan fingerprint density at radius 1 is 0.750 bits per heavy atom. The van der Waals surface area contributed by atoms with E-state index in [2.05, 4.69) is 31.9 Å². The molecule has 17 heteroatoms. The van der Waals surface area contributed by atoms with Crippen LogP contribution in [0.25, 0.3) is 0 Å². The molecule has 0 heterocycles. The van der Waals surface area contributed by atoms with Gasteiger partial charge in [0.05, 0.1) is 0 Å². The van der Waals surface area contributed by atoms with E-state index in [0.717, 1.165) is 5.56 Å². The van der Waals surface area contributed by atoms with Gasteiger partial charge in [-0.2, -0.15) is 0 Å². The number of carbonyl (C=O) groups is 6. The molecule has 1 aromatic carbocycles. The molecule has 0 radical (unpaired) electrons. The van der Waals surface area contributed by atoms with E-state index < -0.39 is 65.9 Å². The summed E-state index contributed by atoms with van der Waals surface area (Å²) in [6.45, 7) is 7.32. The van der Waals surface area contributed by atoms with Gasteiger partial charge < -0.3 is 53.2 Å². The Labute approximate surface area is 280 Å². The van der Waals surface area contributed by atoms with Crippen molar-refractivity contribution in [3.05, 3.63) is 35.9 Å². The van der Waals surface area contributed by atoms with Gasteiger partial charge in [-0.15, -0.1) is 0 Å². The normalized spacial score (nSPS) is 13.3. The van der Waals surface area contributed by atoms with Crippen LogP contribution in [0.2, 0.25) is 0 Å². The number of hydrogen-bond acceptors (Lipinski definition) is 8. The third-order valence-electron chi connectivity index (χ3n) is 7.13. The number of carbonyl (C=O) groups excluding carboxylic acids is 5. The predicted octanol–water partition coefficient (Wildman–Crippen LogP) is 0.234. The van der Waals surface area contributed by atoms with Crippen LogP contribution >= 0.6 is 0 Å². The fourth-order valence-corrected chi connectivity index (χ4v) is 4.45. The lowest BCUT2D eigenvalue weighted by Gasteiger charge is -2.28. The minimum absolute atomic E-state index is 0.0123. The molecule has 12 N–H and O–H groups in total. The van der Waals surface area contributed by atoms with Gasteiger partial charge in [0.25, 0.3) is 0 Å². The molecule has 1 aromatic rings. The molecule has 17 nitrogen and oxygen atoms in total. The molecule has 0 aliphatic rings. The molecule has 268 valence electrons. The maximum atomic E-state index is 13.5. The van der Waals surface area contributed by atoms with Crippen molar-refractivity contribution in [2.45, 2.75) is 90.6 Å². The minimum atomic E-state index is -1.30. The Kier molecular flexibility index (Phi) is 18.5. The van der Waals surface area contributed by atoms with Crippen molar-refractivity contribution < 1.29 is 38.6 Å². The maximum Gasteiger partial charge on any atom is 0.407 e. The maximum absolute atomic E-state index is 13.5. The van der Waals surface area contributed by atoms with E-state index in [1.54, 1.807) is 27.7 Å². The molecule has 0 saturated heterocycles. The van der Waals surface area contributed by atoms with Gasteiger partial charge in [-0.05, 0) is 49.5 Å². The summed E-state index contributed by atoms with van der Waals surface area (Å²) in [5.74, 6) is -4.39. The highest BCUT2D eigenvalue weighted by molar-refractivity contribution is 5.94. The van der Waals surface area contributed by atoms with E-state index in [-0.39, 0.29) is 50.8 Å². The van der Waals surface area contributed by atoms with Crippen molar-refractivity contribution in [2.75, 3.05) is 13.1 Å². The zero-order chi connectivity index (χ0) is 36.2. The summed E-state index contributed by atoms with van der Waals surface area (Å²) in [7, 11) is 0. The highest BCUT2D eigenvalue weighted by Crippen LogP contribution is 2.09. The summed E-state index contributed by atoms with van der Waals surface area (Å²) in [4.78, 5) is 75.1. The summed E-state index contributed by atoms with van der Waals surface area (Å²) in [6.07, 6.45) is 0.477. The van der Waals surface area contributed by atoms with Crippen LogP contribution in [0.4, 0.5) is 9.59 Å². The molecule has 2 unspecified atom stereocenters. The lowest BCUT2D eigenvalue weighted by atomic mass is 9.99. The van der Waals surface area contributed by atoms with Crippen molar-refractivity contribution in [1.29, 1.82) is 5.41 Å². The van der Waals surface area contributed by atoms with E-state index >= 15 is 0 Å². The molecule has 6 amide bonds. The summed E-state index contributed by atoms with van der Waals surface area (Å²) in [5.41, 5.74) is 11.5. The highest BCUT2D eigenvalue weighted by atomic mass is 16.5. The number of urea groups is 1. The zero-order valence-corrected chi connectivity index (χ0v) is 28.0. The fourth-order valence-electron chi connectivity index (χ4n) is 4.45. The van der Waals surface area contributed by atoms with Crippen molar-refractivity contribution >= 4 is 41.8 Å². The molecule has 0 aliphatic carbocycles. The molecule has 0 fully saturated rings. The monoisotopic (exact) mass is 677 g/mol. The average molecular weight is 678 g/mol. The standard InChI is InChI=1S/C31H51N9O8/c1-18(2)23(25(32)41)39-27(43)24(19(3)4)40-26(42)21(37-30(46)38-22(28(44)45)14-10-16-35-29(33)34)13-8-9-15-36-31(47)48-17-20-11-6-5-7-12-20/h5-7,11-12,18-19,21-24H,8-10,13-17H2,1-4H3,(H2,32,41)(H,36,47)(H,39,43)(H,40,42)(H,44,45)(H4,33,34,35)(H2,37,38,46)/t21?,22-,23?,24+/m0/s1. The largest absolute Gasteiger partial charge is 0.480 e. The topological polar surface area (TPSA) is 280 Å². The Hall–Kier alpha value is -5.09. The van der Waals surface area contributed by atoms with Crippen LogP contribution in [0.5, 0.6) is 0 Å². The fraction of sp³-hybridized carbons (Fsp3) is 0.581. The predicted molar refractivity (Wildman–Crippen MR) is 177 cm³/mol. The number of nitrogens with one attached hydrogen (secondary N) is 7. The van der Waals surface area contributed by atoms with Gasteiger partial charge >= 0.3 is 18.1 Å². The van der Waals surface area contributed by atoms with Gasteiger partial charge in [-0.3, -0.25) is 19.8 Å². The summed E-state index contributed by atoms with van der Waals surface area (Å²) in [5, 5.41) is 32.0. The Morgan fingerprint density at radius 3 is 1.88 bits per heavy atom. The molecule has 0 saturated carbocycles. The first kappa shape index (κ1) is 40.9. The van der Waals surface area contributed by atoms with Gasteiger partial charge in [-0.1, -0.05) is 58.0 Å². The molecule has 1 rings (SSSR count).